The number of carbonyl (C=O) groups is 1. The van der Waals surface area contributed by atoms with Gasteiger partial charge in [0, 0.05) is 26.1 Å². The van der Waals surface area contributed by atoms with E-state index in [0.29, 0.717) is 19.2 Å². The summed E-state index contributed by atoms with van der Waals surface area (Å²) in [7, 11) is 0. The number of esters is 1. The fourth-order valence-corrected chi connectivity index (χ4v) is 4.02. The zero-order valence-electron chi connectivity index (χ0n) is 15.6. The lowest BCUT2D eigenvalue weighted by atomic mass is 10.1. The van der Waals surface area contributed by atoms with Gasteiger partial charge >= 0.3 is 5.97 Å². The average molecular weight is 344 g/mol. The van der Waals surface area contributed by atoms with Gasteiger partial charge in [-0.3, -0.25) is 14.6 Å². The molecule has 4 heteroatoms. The Morgan fingerprint density at radius 3 is 2.64 bits per heavy atom. The number of carbonyl (C=O) groups excluding carboxylic acids is 1. The van der Waals surface area contributed by atoms with E-state index in [1.165, 1.54) is 44.5 Å². The van der Waals surface area contributed by atoms with Crippen LogP contribution in [0.25, 0.3) is 0 Å². The molecule has 2 saturated heterocycles. The minimum atomic E-state index is -0.0767. The van der Waals surface area contributed by atoms with Crippen LogP contribution in [0, 0.1) is 0 Å². The van der Waals surface area contributed by atoms with E-state index in [9.17, 15) is 4.79 Å². The molecule has 138 valence electrons. The summed E-state index contributed by atoms with van der Waals surface area (Å²) in [6.07, 6.45) is 8.28. The maximum atomic E-state index is 11.7. The van der Waals surface area contributed by atoms with Gasteiger partial charge in [0.05, 0.1) is 6.17 Å². The van der Waals surface area contributed by atoms with Crippen molar-refractivity contribution < 1.29 is 9.53 Å². The van der Waals surface area contributed by atoms with Gasteiger partial charge in [0.15, 0.2) is 0 Å². The third-order valence-electron chi connectivity index (χ3n) is 5.43. The quantitative estimate of drug-likeness (QED) is 0.528. The molecule has 2 aliphatic heterocycles. The van der Waals surface area contributed by atoms with Crippen molar-refractivity contribution in [3.63, 3.8) is 0 Å². The van der Waals surface area contributed by atoms with E-state index in [1.807, 2.05) is 0 Å². The minimum absolute atomic E-state index is 0.0767. The first kappa shape index (κ1) is 18.4. The molecule has 25 heavy (non-hydrogen) atoms. The SMILES string of the molecule is CCCCCC(=O)OCc1ccc(CN2CCCN3CCCC32)cc1. The van der Waals surface area contributed by atoms with E-state index < -0.39 is 0 Å². The lowest BCUT2D eigenvalue weighted by Crippen LogP contribution is -2.49. The monoisotopic (exact) mass is 344 g/mol. The molecule has 0 saturated carbocycles. The van der Waals surface area contributed by atoms with Crippen molar-refractivity contribution >= 4 is 5.97 Å². The Morgan fingerprint density at radius 2 is 1.84 bits per heavy atom. The third kappa shape index (κ3) is 5.29. The van der Waals surface area contributed by atoms with Crippen molar-refractivity contribution in [2.75, 3.05) is 19.6 Å². The van der Waals surface area contributed by atoms with E-state index in [4.69, 9.17) is 4.74 Å². The first-order chi connectivity index (χ1) is 12.3. The van der Waals surface area contributed by atoms with Crippen LogP contribution in [0.5, 0.6) is 0 Å². The summed E-state index contributed by atoms with van der Waals surface area (Å²) in [5.74, 6) is -0.0767. The normalized spacial score (nSPS) is 21.2. The van der Waals surface area contributed by atoms with E-state index in [-0.39, 0.29) is 5.97 Å². The van der Waals surface area contributed by atoms with Crippen LogP contribution < -0.4 is 0 Å². The second kappa shape index (κ2) is 9.35. The van der Waals surface area contributed by atoms with Gasteiger partial charge in [-0.2, -0.15) is 0 Å². The summed E-state index contributed by atoms with van der Waals surface area (Å²) in [6, 6.07) is 8.58. The molecule has 0 aromatic heterocycles. The van der Waals surface area contributed by atoms with Crippen LogP contribution in [0.4, 0.5) is 0 Å². The Bertz CT molecular complexity index is 543. The Kier molecular flexibility index (Phi) is 6.88. The molecule has 4 nitrogen and oxygen atoms in total. The maximum absolute atomic E-state index is 11.7. The first-order valence-electron chi connectivity index (χ1n) is 9.98. The molecule has 2 fully saturated rings. The number of hydrogen-bond acceptors (Lipinski definition) is 4. The molecule has 1 aromatic rings. The molecule has 0 N–H and O–H groups in total. The highest BCUT2D eigenvalue weighted by atomic mass is 16.5. The second-order valence-corrected chi connectivity index (χ2v) is 7.42. The molecule has 0 amide bonds. The lowest BCUT2D eigenvalue weighted by Gasteiger charge is -2.40. The highest BCUT2D eigenvalue weighted by Crippen LogP contribution is 2.26. The summed E-state index contributed by atoms with van der Waals surface area (Å²) < 4.78 is 5.37. The predicted octanol–water partition coefficient (Wildman–Crippen LogP) is 3.94. The molecule has 0 radical (unpaired) electrons. The molecule has 1 aromatic carbocycles. The van der Waals surface area contributed by atoms with Crippen LogP contribution in [0.1, 0.15) is 63.0 Å². The molecule has 2 aliphatic rings. The van der Waals surface area contributed by atoms with Crippen LogP contribution >= 0.6 is 0 Å². The number of benzene rings is 1. The van der Waals surface area contributed by atoms with Crippen molar-refractivity contribution in [1.82, 2.24) is 9.80 Å². The van der Waals surface area contributed by atoms with E-state index in [1.54, 1.807) is 0 Å². The molecule has 0 spiro atoms. The number of hydrogen-bond donors (Lipinski definition) is 0. The van der Waals surface area contributed by atoms with Gasteiger partial charge in [0.25, 0.3) is 0 Å². The van der Waals surface area contributed by atoms with Crippen LogP contribution in [0.15, 0.2) is 24.3 Å². The Labute approximate surface area is 152 Å². The van der Waals surface area contributed by atoms with Crippen LogP contribution in [0.3, 0.4) is 0 Å². The van der Waals surface area contributed by atoms with Gasteiger partial charge in [-0.15, -0.1) is 0 Å². The van der Waals surface area contributed by atoms with Gasteiger partial charge in [-0.1, -0.05) is 44.0 Å². The minimum Gasteiger partial charge on any atom is -0.461 e. The number of fused-ring (bicyclic) bond motifs is 1. The van der Waals surface area contributed by atoms with E-state index in [0.717, 1.165) is 31.4 Å². The van der Waals surface area contributed by atoms with Crippen molar-refractivity contribution in [3.05, 3.63) is 35.4 Å². The topological polar surface area (TPSA) is 32.8 Å². The van der Waals surface area contributed by atoms with Crippen molar-refractivity contribution in [2.45, 2.75) is 71.2 Å². The molecule has 3 rings (SSSR count). The highest BCUT2D eigenvalue weighted by Gasteiger charge is 2.32. The van der Waals surface area contributed by atoms with Gasteiger partial charge in [-0.05, 0) is 43.4 Å². The number of ether oxygens (including phenoxy) is 1. The van der Waals surface area contributed by atoms with Crippen molar-refractivity contribution in [2.24, 2.45) is 0 Å². The van der Waals surface area contributed by atoms with Crippen molar-refractivity contribution in [1.29, 1.82) is 0 Å². The summed E-state index contributed by atoms with van der Waals surface area (Å²) >= 11 is 0. The standard InChI is InChI=1S/C21H32N2O2/c1-2-3-4-8-21(24)25-17-19-11-9-18(10-12-19)16-23-15-6-14-22-13-5-7-20(22)23/h9-12,20H,2-8,13-17H2,1H3. The smallest absolute Gasteiger partial charge is 0.306 e. The van der Waals surface area contributed by atoms with Gasteiger partial charge < -0.3 is 4.74 Å². The summed E-state index contributed by atoms with van der Waals surface area (Å²) in [6.45, 7) is 7.30. The molecular weight excluding hydrogens is 312 g/mol. The predicted molar refractivity (Wildman–Crippen MR) is 100 cm³/mol. The van der Waals surface area contributed by atoms with E-state index >= 15 is 0 Å². The fourth-order valence-electron chi connectivity index (χ4n) is 4.02. The third-order valence-corrected chi connectivity index (χ3v) is 5.43. The van der Waals surface area contributed by atoms with Crippen molar-refractivity contribution in [3.8, 4) is 0 Å². The summed E-state index contributed by atoms with van der Waals surface area (Å²) in [5, 5.41) is 0. The molecule has 0 bridgehead atoms. The Balaban J connectivity index is 1.45. The zero-order valence-corrected chi connectivity index (χ0v) is 15.6. The summed E-state index contributed by atoms with van der Waals surface area (Å²) in [5.41, 5.74) is 2.43. The molecule has 0 aliphatic carbocycles. The highest BCUT2D eigenvalue weighted by molar-refractivity contribution is 5.69. The molecule has 1 atom stereocenters. The second-order valence-electron chi connectivity index (χ2n) is 7.42. The number of rotatable bonds is 8. The van der Waals surface area contributed by atoms with Gasteiger partial charge in [0.2, 0.25) is 0 Å². The van der Waals surface area contributed by atoms with Crippen LogP contribution in [0.2, 0.25) is 0 Å². The molecular formula is C21H32N2O2. The zero-order chi connectivity index (χ0) is 17.5. The molecule has 2 heterocycles. The maximum Gasteiger partial charge on any atom is 0.306 e. The Hall–Kier alpha value is -1.39. The number of nitrogens with zero attached hydrogens (tertiary/aromatic N) is 2. The van der Waals surface area contributed by atoms with Gasteiger partial charge in [-0.25, -0.2) is 0 Å². The lowest BCUT2D eigenvalue weighted by molar-refractivity contribution is -0.145. The largest absolute Gasteiger partial charge is 0.461 e. The van der Waals surface area contributed by atoms with Crippen LogP contribution in [-0.4, -0.2) is 41.6 Å². The summed E-state index contributed by atoms with van der Waals surface area (Å²) in [4.78, 5) is 17.0. The molecule has 1 unspecified atom stereocenters. The van der Waals surface area contributed by atoms with E-state index in [2.05, 4.69) is 41.0 Å². The Morgan fingerprint density at radius 1 is 1.08 bits per heavy atom. The average Bonchev–Trinajstić information content (AvgIpc) is 3.11. The van der Waals surface area contributed by atoms with Gasteiger partial charge in [0.1, 0.15) is 6.61 Å². The first-order valence-corrected chi connectivity index (χ1v) is 9.98. The number of unbranched alkanes of at least 4 members (excludes halogenated alkanes) is 2. The van der Waals surface area contributed by atoms with Crippen LogP contribution in [-0.2, 0) is 22.7 Å². The fraction of sp³-hybridized carbons (Fsp3) is 0.667.